The van der Waals surface area contributed by atoms with Crippen LogP contribution in [0.2, 0.25) is 0 Å². The van der Waals surface area contributed by atoms with E-state index in [4.69, 9.17) is 10.5 Å². The lowest BCUT2D eigenvalue weighted by molar-refractivity contribution is 0.188. The molecule has 4 heteroatoms. The van der Waals surface area contributed by atoms with Crippen molar-refractivity contribution in [3.63, 3.8) is 0 Å². The first-order valence-corrected chi connectivity index (χ1v) is 4.38. The summed E-state index contributed by atoms with van der Waals surface area (Å²) in [6.45, 7) is 3.49. The van der Waals surface area contributed by atoms with Crippen LogP contribution < -0.4 is 10.5 Å². The minimum absolute atomic E-state index is 0.0243. The second-order valence-corrected chi connectivity index (χ2v) is 3.26. The fourth-order valence-corrected chi connectivity index (χ4v) is 0.878. The van der Waals surface area contributed by atoms with Gasteiger partial charge in [0.15, 0.2) is 11.6 Å². The van der Waals surface area contributed by atoms with Gasteiger partial charge in [-0.05, 0) is 26.0 Å². The van der Waals surface area contributed by atoms with E-state index in [1.807, 2.05) is 0 Å². The van der Waals surface area contributed by atoms with Crippen molar-refractivity contribution < 1.29 is 13.5 Å². The maximum atomic E-state index is 13.1. The molecule has 0 saturated carbocycles. The van der Waals surface area contributed by atoms with Gasteiger partial charge in [-0.3, -0.25) is 0 Å². The molecular weight excluding hydrogens is 188 g/mol. The highest BCUT2D eigenvalue weighted by molar-refractivity contribution is 5.24. The molecule has 0 heterocycles. The van der Waals surface area contributed by atoms with E-state index in [-0.39, 0.29) is 17.9 Å². The van der Waals surface area contributed by atoms with Crippen LogP contribution in [-0.2, 0) is 0 Å². The summed E-state index contributed by atoms with van der Waals surface area (Å²) < 4.78 is 30.8. The summed E-state index contributed by atoms with van der Waals surface area (Å²) in [7, 11) is 0. The molecule has 14 heavy (non-hydrogen) atoms. The van der Waals surface area contributed by atoms with E-state index in [0.29, 0.717) is 0 Å². The second kappa shape index (κ2) is 4.37. The molecule has 1 aromatic carbocycles. The summed E-state index contributed by atoms with van der Waals surface area (Å²) in [6, 6.07) is 2.97. The highest BCUT2D eigenvalue weighted by atomic mass is 19.1. The molecule has 0 spiro atoms. The van der Waals surface area contributed by atoms with Crippen LogP contribution >= 0.6 is 0 Å². The first-order chi connectivity index (χ1) is 6.50. The van der Waals surface area contributed by atoms with E-state index < -0.39 is 11.6 Å². The molecule has 0 aliphatic rings. The molecule has 2 atom stereocenters. The average Bonchev–Trinajstić information content (AvgIpc) is 2.09. The van der Waals surface area contributed by atoms with Crippen LogP contribution in [0, 0.1) is 11.6 Å². The Bertz CT molecular complexity index is 315. The fourth-order valence-electron chi connectivity index (χ4n) is 0.878. The molecule has 0 amide bonds. The number of hydrogen-bond donors (Lipinski definition) is 1. The Hall–Kier alpha value is -1.16. The van der Waals surface area contributed by atoms with Crippen LogP contribution in [0.25, 0.3) is 0 Å². The minimum Gasteiger partial charge on any atom is -0.486 e. The molecular formula is C10H13F2NO. The lowest BCUT2D eigenvalue weighted by atomic mass is 10.2. The number of nitrogens with two attached hydrogens (primary N) is 1. The molecule has 1 aromatic rings. The van der Waals surface area contributed by atoms with Crippen LogP contribution in [0.15, 0.2) is 18.2 Å². The smallest absolute Gasteiger partial charge is 0.167 e. The van der Waals surface area contributed by atoms with Gasteiger partial charge in [-0.25, -0.2) is 8.78 Å². The first-order valence-electron chi connectivity index (χ1n) is 4.38. The van der Waals surface area contributed by atoms with Crippen molar-refractivity contribution in [3.05, 3.63) is 29.8 Å². The average molecular weight is 201 g/mol. The maximum Gasteiger partial charge on any atom is 0.167 e. The summed E-state index contributed by atoms with van der Waals surface area (Å²) in [5.41, 5.74) is 5.54. The molecule has 0 fully saturated rings. The molecule has 0 aliphatic heterocycles. The summed E-state index contributed by atoms with van der Waals surface area (Å²) in [6.07, 6.45) is -0.310. The molecule has 0 aromatic heterocycles. The molecule has 0 saturated heterocycles. The van der Waals surface area contributed by atoms with E-state index in [1.54, 1.807) is 13.8 Å². The molecule has 0 radical (unpaired) electrons. The van der Waals surface area contributed by atoms with Gasteiger partial charge < -0.3 is 10.5 Å². The predicted octanol–water partition coefficient (Wildman–Crippen LogP) is 2.08. The van der Waals surface area contributed by atoms with E-state index in [9.17, 15) is 8.78 Å². The van der Waals surface area contributed by atoms with Gasteiger partial charge in [0.25, 0.3) is 0 Å². The molecule has 0 bridgehead atoms. The predicted molar refractivity (Wildman–Crippen MR) is 50.1 cm³/mol. The lowest BCUT2D eigenvalue weighted by Gasteiger charge is -2.18. The zero-order valence-corrected chi connectivity index (χ0v) is 8.13. The topological polar surface area (TPSA) is 35.2 Å². The van der Waals surface area contributed by atoms with Crippen molar-refractivity contribution >= 4 is 0 Å². The van der Waals surface area contributed by atoms with Crippen molar-refractivity contribution in [2.45, 2.75) is 26.0 Å². The zero-order chi connectivity index (χ0) is 10.7. The third-order valence-corrected chi connectivity index (χ3v) is 1.95. The molecule has 2 nitrogen and oxygen atoms in total. The highest BCUT2D eigenvalue weighted by Crippen LogP contribution is 2.19. The van der Waals surface area contributed by atoms with E-state index in [0.717, 1.165) is 12.1 Å². The van der Waals surface area contributed by atoms with Gasteiger partial charge in [0, 0.05) is 12.1 Å². The van der Waals surface area contributed by atoms with Gasteiger partial charge in [0.2, 0.25) is 0 Å². The van der Waals surface area contributed by atoms with Crippen LogP contribution in [0.4, 0.5) is 8.78 Å². The van der Waals surface area contributed by atoms with Crippen LogP contribution in [0.3, 0.4) is 0 Å². The van der Waals surface area contributed by atoms with E-state index in [2.05, 4.69) is 0 Å². The summed E-state index contributed by atoms with van der Waals surface area (Å²) in [5, 5.41) is 0. The number of halogens is 2. The molecule has 1 unspecified atom stereocenters. The number of benzene rings is 1. The summed E-state index contributed by atoms with van der Waals surface area (Å²) >= 11 is 0. The van der Waals surface area contributed by atoms with Gasteiger partial charge in [-0.1, -0.05) is 0 Å². The highest BCUT2D eigenvalue weighted by Gasteiger charge is 2.12. The maximum absolute atomic E-state index is 13.1. The van der Waals surface area contributed by atoms with Gasteiger partial charge in [-0.15, -0.1) is 0 Å². The van der Waals surface area contributed by atoms with E-state index >= 15 is 0 Å². The lowest BCUT2D eigenvalue weighted by Crippen LogP contribution is -2.33. The normalized spacial score (nSPS) is 14.9. The Morgan fingerprint density at radius 3 is 2.43 bits per heavy atom. The SMILES string of the molecule is CC(Oc1ccc(F)cc1F)[C@H](C)N. The van der Waals surface area contributed by atoms with Crippen molar-refractivity contribution in [2.24, 2.45) is 5.73 Å². The Morgan fingerprint density at radius 1 is 1.29 bits per heavy atom. The number of ether oxygens (including phenoxy) is 1. The standard InChI is InChI=1S/C10H13F2NO/c1-6(13)7(2)14-10-4-3-8(11)5-9(10)12/h3-7H,13H2,1-2H3/t6-,7?/m0/s1. The van der Waals surface area contributed by atoms with Gasteiger partial charge in [-0.2, -0.15) is 0 Å². The van der Waals surface area contributed by atoms with Crippen molar-refractivity contribution in [1.82, 2.24) is 0 Å². The van der Waals surface area contributed by atoms with E-state index in [1.165, 1.54) is 6.07 Å². The molecule has 1 rings (SSSR count). The van der Waals surface area contributed by atoms with Gasteiger partial charge in [0.05, 0.1) is 0 Å². The van der Waals surface area contributed by atoms with Gasteiger partial charge >= 0.3 is 0 Å². The molecule has 0 aliphatic carbocycles. The Morgan fingerprint density at radius 2 is 1.93 bits per heavy atom. The first kappa shape index (κ1) is 10.9. The van der Waals surface area contributed by atoms with Gasteiger partial charge in [0.1, 0.15) is 11.9 Å². The van der Waals surface area contributed by atoms with Crippen molar-refractivity contribution in [1.29, 1.82) is 0 Å². The second-order valence-electron chi connectivity index (χ2n) is 3.26. The fraction of sp³-hybridized carbons (Fsp3) is 0.400. The van der Waals surface area contributed by atoms with Crippen molar-refractivity contribution in [3.8, 4) is 5.75 Å². The molecule has 78 valence electrons. The number of hydrogen-bond acceptors (Lipinski definition) is 2. The Balaban J connectivity index is 2.77. The summed E-state index contributed by atoms with van der Waals surface area (Å²) in [4.78, 5) is 0. The third kappa shape index (κ3) is 2.67. The quantitative estimate of drug-likeness (QED) is 0.812. The Labute approximate surface area is 81.7 Å². The van der Waals surface area contributed by atoms with Crippen LogP contribution in [0.5, 0.6) is 5.75 Å². The van der Waals surface area contributed by atoms with Crippen LogP contribution in [0.1, 0.15) is 13.8 Å². The monoisotopic (exact) mass is 201 g/mol. The largest absolute Gasteiger partial charge is 0.486 e. The molecule has 2 N–H and O–H groups in total. The Kier molecular flexibility index (Phi) is 3.41. The van der Waals surface area contributed by atoms with Crippen molar-refractivity contribution in [2.75, 3.05) is 0 Å². The zero-order valence-electron chi connectivity index (χ0n) is 8.13. The third-order valence-electron chi connectivity index (χ3n) is 1.95. The minimum atomic E-state index is -0.711. The number of rotatable bonds is 3. The summed E-state index contributed by atoms with van der Waals surface area (Å²) in [5.74, 6) is -1.31. The van der Waals surface area contributed by atoms with Crippen LogP contribution in [-0.4, -0.2) is 12.1 Å².